The molecule has 0 aromatic carbocycles. The molecule has 1 aliphatic carbocycles. The van der Waals surface area contributed by atoms with Gasteiger partial charge in [0.1, 0.15) is 5.82 Å². The number of nitrogens with one attached hydrogen (secondary N) is 1. The maximum Gasteiger partial charge on any atom is 0.252 e. The summed E-state index contributed by atoms with van der Waals surface area (Å²) in [5.74, 6) is 0.420. The van der Waals surface area contributed by atoms with Gasteiger partial charge >= 0.3 is 0 Å². The molecule has 0 unspecified atom stereocenters. The van der Waals surface area contributed by atoms with Crippen LogP contribution in [0.25, 0.3) is 0 Å². The Morgan fingerprint density at radius 3 is 2.74 bits per heavy atom. The van der Waals surface area contributed by atoms with Crippen LogP contribution in [0.3, 0.4) is 0 Å². The average Bonchev–Trinajstić information content (AvgIpc) is 2.46. The SMILES string of the molecule is NC(=O)c1cc2c(nc1N1CCNCC1)CCCC2. The summed E-state index contributed by atoms with van der Waals surface area (Å²) in [6.45, 7) is 3.62. The van der Waals surface area contributed by atoms with Gasteiger partial charge in [-0.2, -0.15) is 0 Å². The molecule has 0 spiro atoms. The molecule has 3 rings (SSSR count). The lowest BCUT2D eigenvalue weighted by Crippen LogP contribution is -2.44. The van der Waals surface area contributed by atoms with Crippen LogP contribution in [0, 0.1) is 0 Å². The van der Waals surface area contributed by atoms with Gasteiger partial charge in [0.15, 0.2) is 0 Å². The van der Waals surface area contributed by atoms with Gasteiger partial charge in [0.25, 0.3) is 5.91 Å². The van der Waals surface area contributed by atoms with E-state index in [9.17, 15) is 4.79 Å². The van der Waals surface area contributed by atoms with Crippen molar-refractivity contribution in [1.82, 2.24) is 10.3 Å². The summed E-state index contributed by atoms with van der Waals surface area (Å²) in [5.41, 5.74) is 8.48. The summed E-state index contributed by atoms with van der Waals surface area (Å²) in [6.07, 6.45) is 4.41. The Morgan fingerprint density at radius 2 is 2.00 bits per heavy atom. The molecule has 0 radical (unpaired) electrons. The Labute approximate surface area is 113 Å². The van der Waals surface area contributed by atoms with Gasteiger partial charge in [-0.05, 0) is 37.3 Å². The van der Waals surface area contributed by atoms with E-state index in [0.29, 0.717) is 5.56 Å². The van der Waals surface area contributed by atoms with E-state index in [-0.39, 0.29) is 5.91 Å². The second-order valence-corrected chi connectivity index (χ2v) is 5.27. The van der Waals surface area contributed by atoms with E-state index in [0.717, 1.165) is 50.5 Å². The lowest BCUT2D eigenvalue weighted by molar-refractivity contribution is 0.1000. The summed E-state index contributed by atoms with van der Waals surface area (Å²) < 4.78 is 0. The first-order chi connectivity index (χ1) is 9.25. The molecule has 2 heterocycles. The number of amides is 1. The maximum absolute atomic E-state index is 11.7. The van der Waals surface area contributed by atoms with E-state index in [1.165, 1.54) is 18.4 Å². The van der Waals surface area contributed by atoms with Crippen molar-refractivity contribution >= 4 is 11.7 Å². The Morgan fingerprint density at radius 1 is 1.26 bits per heavy atom. The third-order valence-corrected chi connectivity index (χ3v) is 3.96. The smallest absolute Gasteiger partial charge is 0.252 e. The van der Waals surface area contributed by atoms with Crippen LogP contribution in [-0.4, -0.2) is 37.1 Å². The van der Waals surface area contributed by atoms with Crippen LogP contribution in [0.5, 0.6) is 0 Å². The predicted molar refractivity (Wildman–Crippen MR) is 74.5 cm³/mol. The topological polar surface area (TPSA) is 71.2 Å². The fourth-order valence-electron chi connectivity index (χ4n) is 2.92. The molecule has 1 aromatic heterocycles. The minimum atomic E-state index is -0.366. The fraction of sp³-hybridized carbons (Fsp3) is 0.571. The second-order valence-electron chi connectivity index (χ2n) is 5.27. The van der Waals surface area contributed by atoms with E-state index < -0.39 is 0 Å². The highest BCUT2D eigenvalue weighted by atomic mass is 16.1. The zero-order chi connectivity index (χ0) is 13.2. The second kappa shape index (κ2) is 5.17. The molecule has 0 bridgehead atoms. The minimum absolute atomic E-state index is 0.366. The molecule has 1 saturated heterocycles. The lowest BCUT2D eigenvalue weighted by atomic mass is 9.94. The van der Waals surface area contributed by atoms with E-state index in [1.807, 2.05) is 6.07 Å². The number of primary amides is 1. The number of carbonyl (C=O) groups is 1. The van der Waals surface area contributed by atoms with Crippen LogP contribution >= 0.6 is 0 Å². The van der Waals surface area contributed by atoms with Crippen molar-refractivity contribution in [1.29, 1.82) is 0 Å². The monoisotopic (exact) mass is 260 g/mol. The van der Waals surface area contributed by atoms with Crippen LogP contribution in [0.15, 0.2) is 6.07 Å². The molecule has 5 nitrogen and oxygen atoms in total. The number of rotatable bonds is 2. The highest BCUT2D eigenvalue weighted by Gasteiger charge is 2.22. The van der Waals surface area contributed by atoms with Crippen molar-refractivity contribution in [3.8, 4) is 0 Å². The summed E-state index contributed by atoms with van der Waals surface area (Å²) >= 11 is 0. The van der Waals surface area contributed by atoms with Crippen molar-refractivity contribution in [2.75, 3.05) is 31.1 Å². The molecular formula is C14H20N4O. The van der Waals surface area contributed by atoms with E-state index >= 15 is 0 Å². The van der Waals surface area contributed by atoms with Crippen LogP contribution in [0.2, 0.25) is 0 Å². The molecule has 102 valence electrons. The van der Waals surface area contributed by atoms with Crippen molar-refractivity contribution in [2.24, 2.45) is 5.73 Å². The van der Waals surface area contributed by atoms with Gasteiger partial charge in [-0.1, -0.05) is 0 Å². The van der Waals surface area contributed by atoms with Gasteiger partial charge in [-0.15, -0.1) is 0 Å². The Hall–Kier alpha value is -1.62. The van der Waals surface area contributed by atoms with Gasteiger partial charge in [0.05, 0.1) is 5.56 Å². The summed E-state index contributed by atoms with van der Waals surface area (Å²) in [5, 5.41) is 3.31. The molecule has 3 N–H and O–H groups in total. The highest BCUT2D eigenvalue weighted by molar-refractivity contribution is 5.98. The molecule has 1 aliphatic heterocycles. The molecule has 19 heavy (non-hydrogen) atoms. The first-order valence-electron chi connectivity index (χ1n) is 7.04. The Bertz CT molecular complexity index is 494. The van der Waals surface area contributed by atoms with Crippen molar-refractivity contribution in [3.05, 3.63) is 22.9 Å². The van der Waals surface area contributed by atoms with Crippen LogP contribution < -0.4 is 16.0 Å². The number of piperazine rings is 1. The fourth-order valence-corrected chi connectivity index (χ4v) is 2.92. The maximum atomic E-state index is 11.7. The summed E-state index contributed by atoms with van der Waals surface area (Å²) in [4.78, 5) is 18.6. The first kappa shape index (κ1) is 12.4. The van der Waals surface area contributed by atoms with Gasteiger partial charge in [-0.25, -0.2) is 4.98 Å². The third-order valence-electron chi connectivity index (χ3n) is 3.96. The van der Waals surface area contributed by atoms with Crippen LogP contribution in [-0.2, 0) is 12.8 Å². The number of nitrogens with two attached hydrogens (primary N) is 1. The highest BCUT2D eigenvalue weighted by Crippen LogP contribution is 2.26. The number of nitrogens with zero attached hydrogens (tertiary/aromatic N) is 2. The average molecular weight is 260 g/mol. The summed E-state index contributed by atoms with van der Waals surface area (Å²) in [7, 11) is 0. The van der Waals surface area contributed by atoms with Gasteiger partial charge in [-0.3, -0.25) is 4.79 Å². The third kappa shape index (κ3) is 2.42. The number of hydrogen-bond donors (Lipinski definition) is 2. The molecule has 1 fully saturated rings. The van der Waals surface area contributed by atoms with E-state index in [1.54, 1.807) is 0 Å². The lowest BCUT2D eigenvalue weighted by Gasteiger charge is -2.31. The van der Waals surface area contributed by atoms with E-state index in [2.05, 4.69) is 10.2 Å². The molecule has 1 amide bonds. The van der Waals surface area contributed by atoms with E-state index in [4.69, 9.17) is 10.7 Å². The molecule has 0 saturated carbocycles. The number of pyridine rings is 1. The molecule has 1 aromatic rings. The number of fused-ring (bicyclic) bond motifs is 1. The number of carbonyl (C=O) groups excluding carboxylic acids is 1. The van der Waals surface area contributed by atoms with Gasteiger partial charge in [0.2, 0.25) is 0 Å². The number of anilines is 1. The zero-order valence-corrected chi connectivity index (χ0v) is 11.1. The first-order valence-corrected chi connectivity index (χ1v) is 7.04. The summed E-state index contributed by atoms with van der Waals surface area (Å²) in [6, 6.07) is 1.97. The van der Waals surface area contributed by atoms with Gasteiger partial charge in [0, 0.05) is 31.9 Å². The molecular weight excluding hydrogens is 240 g/mol. The standard InChI is InChI=1S/C14H20N4O/c15-13(19)11-9-10-3-1-2-4-12(10)17-14(11)18-7-5-16-6-8-18/h9,16H,1-8H2,(H2,15,19). The number of hydrogen-bond acceptors (Lipinski definition) is 4. The minimum Gasteiger partial charge on any atom is -0.365 e. The number of aromatic nitrogens is 1. The van der Waals surface area contributed by atoms with Crippen molar-refractivity contribution < 1.29 is 4.79 Å². The normalized spacial score (nSPS) is 19.1. The Balaban J connectivity index is 2.02. The molecule has 5 heteroatoms. The van der Waals surface area contributed by atoms with Gasteiger partial charge < -0.3 is 16.0 Å². The molecule has 2 aliphatic rings. The largest absolute Gasteiger partial charge is 0.365 e. The predicted octanol–water partition coefficient (Wildman–Crippen LogP) is 0.469. The quantitative estimate of drug-likeness (QED) is 0.811. The zero-order valence-electron chi connectivity index (χ0n) is 11.1. The number of aryl methyl sites for hydroxylation is 2. The van der Waals surface area contributed by atoms with Crippen LogP contribution in [0.1, 0.15) is 34.5 Å². The van der Waals surface area contributed by atoms with Crippen molar-refractivity contribution in [2.45, 2.75) is 25.7 Å². The molecule has 0 atom stereocenters. The van der Waals surface area contributed by atoms with Crippen LogP contribution in [0.4, 0.5) is 5.82 Å². The Kier molecular flexibility index (Phi) is 3.38. The van der Waals surface area contributed by atoms with Crippen molar-refractivity contribution in [3.63, 3.8) is 0 Å².